The topological polar surface area (TPSA) is 58.0 Å². The van der Waals surface area contributed by atoms with Gasteiger partial charge in [0, 0.05) is 22.8 Å². The molecule has 0 spiro atoms. The number of aromatic hydroxyl groups is 1. The van der Waals surface area contributed by atoms with E-state index in [-0.39, 0.29) is 11.8 Å². The first-order valence-corrected chi connectivity index (χ1v) is 9.89. The van der Waals surface area contributed by atoms with E-state index >= 15 is 0 Å². The van der Waals surface area contributed by atoms with E-state index < -0.39 is 0 Å². The lowest BCUT2D eigenvalue weighted by molar-refractivity contribution is 0.471. The van der Waals surface area contributed by atoms with Crippen LogP contribution in [-0.4, -0.2) is 15.1 Å². The van der Waals surface area contributed by atoms with E-state index in [9.17, 15) is 5.11 Å². The summed E-state index contributed by atoms with van der Waals surface area (Å²) in [5.41, 5.74) is 4.61. The lowest BCUT2D eigenvalue weighted by atomic mass is 9.93. The van der Waals surface area contributed by atoms with Crippen molar-refractivity contribution in [2.45, 2.75) is 32.7 Å². The van der Waals surface area contributed by atoms with Gasteiger partial charge in [0.2, 0.25) is 0 Å². The summed E-state index contributed by atoms with van der Waals surface area (Å²) in [7, 11) is 0. The SMILES string of the molecule is Cc1ccc2ccc(C(Nc3ccccn3)c3ccc(C(C)C)cc3)c(O)c2n1. The van der Waals surface area contributed by atoms with Crippen LogP contribution in [0.1, 0.15) is 48.2 Å². The van der Waals surface area contributed by atoms with E-state index in [1.54, 1.807) is 6.20 Å². The van der Waals surface area contributed by atoms with Crippen molar-refractivity contribution in [3.63, 3.8) is 0 Å². The average molecular weight is 383 g/mol. The van der Waals surface area contributed by atoms with Crippen LogP contribution in [0, 0.1) is 6.92 Å². The molecule has 2 aromatic heterocycles. The zero-order valence-corrected chi connectivity index (χ0v) is 16.9. The molecule has 4 heteroatoms. The van der Waals surface area contributed by atoms with Crippen LogP contribution in [0.25, 0.3) is 10.9 Å². The van der Waals surface area contributed by atoms with Crippen LogP contribution in [0.4, 0.5) is 5.82 Å². The minimum absolute atomic E-state index is 0.201. The lowest BCUT2D eigenvalue weighted by Gasteiger charge is -2.22. The monoisotopic (exact) mass is 383 g/mol. The van der Waals surface area contributed by atoms with Gasteiger partial charge in [-0.25, -0.2) is 9.97 Å². The summed E-state index contributed by atoms with van der Waals surface area (Å²) in [5.74, 6) is 1.42. The summed E-state index contributed by atoms with van der Waals surface area (Å²) in [6, 6.07) is 21.9. The van der Waals surface area contributed by atoms with Crippen molar-refractivity contribution in [1.82, 2.24) is 9.97 Å². The molecule has 1 atom stereocenters. The molecule has 0 radical (unpaired) electrons. The van der Waals surface area contributed by atoms with Gasteiger partial charge in [-0.3, -0.25) is 0 Å². The van der Waals surface area contributed by atoms with Crippen molar-refractivity contribution in [3.8, 4) is 5.75 Å². The van der Waals surface area contributed by atoms with Crippen molar-refractivity contribution in [2.24, 2.45) is 0 Å². The molecule has 4 nitrogen and oxygen atoms in total. The fourth-order valence-electron chi connectivity index (χ4n) is 3.53. The third-order valence-corrected chi connectivity index (χ3v) is 5.21. The van der Waals surface area contributed by atoms with Crippen LogP contribution in [0.5, 0.6) is 5.75 Å². The van der Waals surface area contributed by atoms with Crippen LogP contribution >= 0.6 is 0 Å². The number of aryl methyl sites for hydroxylation is 1. The third kappa shape index (κ3) is 3.92. The molecule has 0 aliphatic rings. The molecule has 0 saturated heterocycles. The molecule has 0 amide bonds. The Balaban J connectivity index is 1.83. The number of aromatic nitrogens is 2. The Kier molecular flexibility index (Phi) is 5.17. The van der Waals surface area contributed by atoms with Crippen LogP contribution in [-0.2, 0) is 0 Å². The fraction of sp³-hybridized carbons (Fsp3) is 0.200. The molecule has 1 unspecified atom stereocenters. The van der Waals surface area contributed by atoms with Crippen LogP contribution in [0.2, 0.25) is 0 Å². The van der Waals surface area contributed by atoms with Gasteiger partial charge < -0.3 is 10.4 Å². The molecule has 4 aromatic rings. The zero-order chi connectivity index (χ0) is 20.4. The quantitative estimate of drug-likeness (QED) is 0.446. The second-order valence-corrected chi connectivity index (χ2v) is 7.64. The smallest absolute Gasteiger partial charge is 0.147 e. The number of hydrogen-bond acceptors (Lipinski definition) is 4. The molecular formula is C25H25N3O. The summed E-state index contributed by atoms with van der Waals surface area (Å²) in [6.07, 6.45) is 1.76. The first-order chi connectivity index (χ1) is 14.0. The molecule has 0 aliphatic heterocycles. The molecule has 0 saturated carbocycles. The van der Waals surface area contributed by atoms with E-state index in [2.05, 4.69) is 53.4 Å². The highest BCUT2D eigenvalue weighted by molar-refractivity contribution is 5.86. The van der Waals surface area contributed by atoms with Gasteiger partial charge in [0.25, 0.3) is 0 Å². The maximum absolute atomic E-state index is 11.1. The Hall–Kier alpha value is -3.40. The number of nitrogens with zero attached hydrogens (tertiary/aromatic N) is 2. The van der Waals surface area contributed by atoms with Gasteiger partial charge >= 0.3 is 0 Å². The molecule has 2 aromatic carbocycles. The second-order valence-electron chi connectivity index (χ2n) is 7.64. The molecule has 2 heterocycles. The normalized spacial score (nSPS) is 12.3. The van der Waals surface area contributed by atoms with E-state index in [1.165, 1.54) is 5.56 Å². The minimum atomic E-state index is -0.252. The first-order valence-electron chi connectivity index (χ1n) is 9.89. The zero-order valence-electron chi connectivity index (χ0n) is 16.9. The molecule has 146 valence electrons. The lowest BCUT2D eigenvalue weighted by Crippen LogP contribution is -2.14. The maximum Gasteiger partial charge on any atom is 0.147 e. The fourth-order valence-corrected chi connectivity index (χ4v) is 3.53. The van der Waals surface area contributed by atoms with Crippen LogP contribution in [0.3, 0.4) is 0 Å². The number of anilines is 1. The number of pyridine rings is 2. The van der Waals surface area contributed by atoms with Crippen molar-refractivity contribution in [1.29, 1.82) is 0 Å². The van der Waals surface area contributed by atoms with Gasteiger partial charge in [-0.1, -0.05) is 62.4 Å². The van der Waals surface area contributed by atoms with Crippen molar-refractivity contribution >= 4 is 16.7 Å². The van der Waals surface area contributed by atoms with E-state index in [1.807, 2.05) is 49.4 Å². The van der Waals surface area contributed by atoms with E-state index in [0.29, 0.717) is 11.4 Å². The minimum Gasteiger partial charge on any atom is -0.505 e. The highest BCUT2D eigenvalue weighted by Crippen LogP contribution is 2.36. The third-order valence-electron chi connectivity index (χ3n) is 5.21. The van der Waals surface area contributed by atoms with Gasteiger partial charge in [0.15, 0.2) is 0 Å². The Bertz CT molecular complexity index is 1120. The van der Waals surface area contributed by atoms with Crippen molar-refractivity contribution in [3.05, 3.63) is 95.3 Å². The predicted octanol–water partition coefficient (Wildman–Crippen LogP) is 5.97. The standard InChI is InChI=1S/C25H25N3O/c1-16(2)18-9-11-19(12-10-18)23(28-22-6-4-5-15-26-22)21-14-13-20-8-7-17(3)27-24(20)25(21)29/h4-16,23,29H,1-3H3,(H,26,28). The summed E-state index contributed by atoms with van der Waals surface area (Å²) in [4.78, 5) is 8.98. The highest BCUT2D eigenvalue weighted by atomic mass is 16.3. The van der Waals surface area contributed by atoms with Crippen molar-refractivity contribution in [2.75, 3.05) is 5.32 Å². The van der Waals surface area contributed by atoms with Gasteiger partial charge in [-0.15, -0.1) is 0 Å². The molecule has 2 N–H and O–H groups in total. The number of nitrogens with one attached hydrogen (secondary N) is 1. The molecule has 29 heavy (non-hydrogen) atoms. The molecule has 0 fully saturated rings. The molecule has 0 aliphatic carbocycles. The highest BCUT2D eigenvalue weighted by Gasteiger charge is 2.20. The van der Waals surface area contributed by atoms with Crippen LogP contribution < -0.4 is 5.32 Å². The average Bonchev–Trinajstić information content (AvgIpc) is 2.74. The van der Waals surface area contributed by atoms with Gasteiger partial charge in [0.1, 0.15) is 17.1 Å². The summed E-state index contributed by atoms with van der Waals surface area (Å²) < 4.78 is 0. The Morgan fingerprint density at radius 1 is 0.862 bits per heavy atom. The summed E-state index contributed by atoms with van der Waals surface area (Å²) in [5, 5.41) is 15.5. The first kappa shape index (κ1) is 18.9. The number of hydrogen-bond donors (Lipinski definition) is 2. The van der Waals surface area contributed by atoms with E-state index in [0.717, 1.165) is 28.0 Å². The number of phenolic OH excluding ortho intramolecular Hbond substituents is 1. The number of rotatable bonds is 5. The van der Waals surface area contributed by atoms with Crippen LogP contribution in [0.15, 0.2) is 72.9 Å². The Morgan fingerprint density at radius 3 is 2.28 bits per heavy atom. The molecular weight excluding hydrogens is 358 g/mol. The Labute approximate surface area is 171 Å². The molecule has 0 bridgehead atoms. The number of benzene rings is 2. The number of fused-ring (bicyclic) bond motifs is 1. The summed E-state index contributed by atoms with van der Waals surface area (Å²) >= 11 is 0. The predicted molar refractivity (Wildman–Crippen MR) is 118 cm³/mol. The number of phenols is 1. The largest absolute Gasteiger partial charge is 0.505 e. The van der Waals surface area contributed by atoms with Gasteiger partial charge in [-0.2, -0.15) is 0 Å². The molecule has 4 rings (SSSR count). The maximum atomic E-state index is 11.1. The van der Waals surface area contributed by atoms with Crippen molar-refractivity contribution < 1.29 is 5.11 Å². The Morgan fingerprint density at radius 2 is 1.59 bits per heavy atom. The van der Waals surface area contributed by atoms with Gasteiger partial charge in [0.05, 0.1) is 6.04 Å². The second kappa shape index (κ2) is 7.92. The van der Waals surface area contributed by atoms with E-state index in [4.69, 9.17) is 0 Å². The summed E-state index contributed by atoms with van der Waals surface area (Å²) in [6.45, 7) is 6.30. The van der Waals surface area contributed by atoms with Gasteiger partial charge in [-0.05, 0) is 42.2 Å².